The van der Waals surface area contributed by atoms with Gasteiger partial charge < -0.3 is 0 Å². The number of para-hydroxylation sites is 1. The molecule has 0 saturated carbocycles. The number of fused-ring (bicyclic) bond motifs is 11. The second kappa shape index (κ2) is 8.22. The molecule has 0 aliphatic heterocycles. The molecule has 9 rings (SSSR count). The molecule has 0 spiro atoms. The van der Waals surface area contributed by atoms with E-state index < -0.39 is 0 Å². The molecule has 40 heavy (non-hydrogen) atoms. The van der Waals surface area contributed by atoms with Crippen LogP contribution in [0.5, 0.6) is 0 Å². The molecule has 3 nitrogen and oxygen atoms in total. The summed E-state index contributed by atoms with van der Waals surface area (Å²) in [6, 6.07) is 41.1. The molecule has 186 valence electrons. The van der Waals surface area contributed by atoms with Crippen molar-refractivity contribution in [1.29, 1.82) is 0 Å². The zero-order valence-corrected chi connectivity index (χ0v) is 22.2. The van der Waals surface area contributed by atoms with Crippen molar-refractivity contribution in [3.05, 3.63) is 128 Å². The van der Waals surface area contributed by atoms with Crippen molar-refractivity contribution in [1.82, 2.24) is 14.5 Å². The van der Waals surface area contributed by atoms with Crippen LogP contribution in [0, 0.1) is 0 Å². The fraction of sp³-hybridized carbons (Fsp3) is 0. The predicted molar refractivity (Wildman–Crippen MR) is 170 cm³/mol. The maximum Gasteiger partial charge on any atom is 0.137 e. The van der Waals surface area contributed by atoms with Gasteiger partial charge in [0.2, 0.25) is 0 Å². The fourth-order valence-corrected chi connectivity index (χ4v) is 7.61. The molecular formula is C36H21N3S. The van der Waals surface area contributed by atoms with Crippen molar-refractivity contribution >= 4 is 75.0 Å². The maximum atomic E-state index is 5.09. The molecule has 0 bridgehead atoms. The Kier molecular flexibility index (Phi) is 4.48. The Balaban J connectivity index is 1.33. The van der Waals surface area contributed by atoms with Gasteiger partial charge in [-0.15, -0.1) is 11.3 Å². The molecule has 0 radical (unpaired) electrons. The van der Waals surface area contributed by atoms with E-state index in [-0.39, 0.29) is 0 Å². The maximum absolute atomic E-state index is 5.09. The second-order valence-corrected chi connectivity index (χ2v) is 11.3. The Morgan fingerprint density at radius 3 is 2.17 bits per heavy atom. The molecule has 0 atom stereocenters. The van der Waals surface area contributed by atoms with Gasteiger partial charge in [-0.1, -0.05) is 78.9 Å². The normalized spacial score (nSPS) is 12.0. The van der Waals surface area contributed by atoms with Gasteiger partial charge in [0.25, 0.3) is 0 Å². The Morgan fingerprint density at radius 2 is 1.30 bits per heavy atom. The first-order valence-corrected chi connectivity index (χ1v) is 14.2. The van der Waals surface area contributed by atoms with Crippen molar-refractivity contribution in [2.75, 3.05) is 0 Å². The number of aromatic nitrogens is 3. The highest BCUT2D eigenvalue weighted by molar-refractivity contribution is 7.26. The number of hydrogen-bond acceptors (Lipinski definition) is 3. The molecule has 0 fully saturated rings. The van der Waals surface area contributed by atoms with Crippen molar-refractivity contribution in [2.45, 2.75) is 0 Å². The lowest BCUT2D eigenvalue weighted by Gasteiger charge is -2.11. The van der Waals surface area contributed by atoms with E-state index in [4.69, 9.17) is 9.97 Å². The number of hydrogen-bond donors (Lipinski definition) is 0. The average Bonchev–Trinajstić information content (AvgIpc) is 3.58. The second-order valence-electron chi connectivity index (χ2n) is 10.2. The first kappa shape index (κ1) is 21.8. The van der Waals surface area contributed by atoms with Crippen LogP contribution in [0.4, 0.5) is 0 Å². The number of rotatable bonds is 2. The summed E-state index contributed by atoms with van der Waals surface area (Å²) in [5, 5.41) is 8.60. The molecule has 5 aromatic carbocycles. The lowest BCUT2D eigenvalue weighted by Crippen LogP contribution is -1.98. The zero-order chi connectivity index (χ0) is 26.2. The summed E-state index contributed by atoms with van der Waals surface area (Å²) >= 11 is 1.85. The summed E-state index contributed by atoms with van der Waals surface area (Å²) in [5.41, 5.74) is 5.66. The van der Waals surface area contributed by atoms with E-state index in [9.17, 15) is 0 Å². The topological polar surface area (TPSA) is 30.7 Å². The van der Waals surface area contributed by atoms with Crippen LogP contribution in [-0.4, -0.2) is 14.5 Å². The van der Waals surface area contributed by atoms with Crippen molar-refractivity contribution in [3.8, 4) is 16.9 Å². The smallest absolute Gasteiger partial charge is 0.137 e. The molecule has 4 heterocycles. The van der Waals surface area contributed by atoms with Gasteiger partial charge in [0, 0.05) is 65.2 Å². The van der Waals surface area contributed by atoms with Crippen LogP contribution in [0.1, 0.15) is 0 Å². The third-order valence-corrected chi connectivity index (χ3v) is 9.30. The Hall–Kier alpha value is -5.06. The zero-order valence-electron chi connectivity index (χ0n) is 21.4. The van der Waals surface area contributed by atoms with Crippen LogP contribution in [0.2, 0.25) is 0 Å². The monoisotopic (exact) mass is 527 g/mol. The summed E-state index contributed by atoms with van der Waals surface area (Å²) in [6.07, 6.45) is 3.91. The highest BCUT2D eigenvalue weighted by Crippen LogP contribution is 2.42. The third-order valence-electron chi connectivity index (χ3n) is 8.08. The molecule has 4 aromatic heterocycles. The van der Waals surface area contributed by atoms with Crippen LogP contribution in [0.15, 0.2) is 128 Å². The predicted octanol–water partition coefficient (Wildman–Crippen LogP) is 9.91. The standard InChI is InChI=1S/C36H21N3S/c1-2-11-26-25(10-1)33-28-12-3-5-16-30(28)39(35(33)29-15-8-20-37-34(26)29)32-19-18-22(21-38-32)23-13-7-14-27-24-9-4-6-17-31(24)40-36(23)27/h1-21H. The molecule has 0 amide bonds. The number of pyridine rings is 2. The van der Waals surface area contributed by atoms with Gasteiger partial charge in [-0.3, -0.25) is 9.55 Å². The highest BCUT2D eigenvalue weighted by Gasteiger charge is 2.19. The minimum Gasteiger partial charge on any atom is -0.293 e. The fourth-order valence-electron chi connectivity index (χ4n) is 6.38. The summed E-state index contributed by atoms with van der Waals surface area (Å²) in [6.45, 7) is 0. The molecule has 0 aliphatic rings. The first-order valence-electron chi connectivity index (χ1n) is 13.4. The Morgan fingerprint density at radius 1 is 0.550 bits per heavy atom. The van der Waals surface area contributed by atoms with Gasteiger partial charge in [0.05, 0.1) is 16.6 Å². The SMILES string of the molecule is c1ccc2c(c1)sc1c(-c3ccc(-n4c5ccccc5c5c6ccccc6c6ncccc6c54)nc3)cccc12. The number of thiophene rings is 1. The van der Waals surface area contributed by atoms with Gasteiger partial charge in [-0.25, -0.2) is 4.98 Å². The van der Waals surface area contributed by atoms with E-state index in [1.165, 1.54) is 47.3 Å². The number of benzene rings is 5. The van der Waals surface area contributed by atoms with E-state index in [0.717, 1.165) is 33.3 Å². The summed E-state index contributed by atoms with van der Waals surface area (Å²) < 4.78 is 4.93. The van der Waals surface area contributed by atoms with E-state index >= 15 is 0 Å². The highest BCUT2D eigenvalue weighted by atomic mass is 32.1. The summed E-state index contributed by atoms with van der Waals surface area (Å²) in [4.78, 5) is 9.93. The van der Waals surface area contributed by atoms with Crippen LogP contribution >= 0.6 is 11.3 Å². The van der Waals surface area contributed by atoms with Crippen LogP contribution in [0.25, 0.3) is 80.6 Å². The molecule has 0 N–H and O–H groups in total. The minimum absolute atomic E-state index is 0.902. The average molecular weight is 528 g/mol. The van der Waals surface area contributed by atoms with E-state index in [0.29, 0.717) is 0 Å². The van der Waals surface area contributed by atoms with E-state index in [2.05, 4.69) is 114 Å². The summed E-state index contributed by atoms with van der Waals surface area (Å²) in [5.74, 6) is 0.902. The van der Waals surface area contributed by atoms with Gasteiger partial charge in [0.1, 0.15) is 5.82 Å². The molecule has 0 saturated heterocycles. The van der Waals surface area contributed by atoms with Crippen LogP contribution in [-0.2, 0) is 0 Å². The molecular weight excluding hydrogens is 506 g/mol. The van der Waals surface area contributed by atoms with Gasteiger partial charge >= 0.3 is 0 Å². The first-order chi connectivity index (χ1) is 19.9. The molecule has 9 aromatic rings. The quantitative estimate of drug-likeness (QED) is 0.209. The number of nitrogens with zero attached hydrogens (tertiary/aromatic N) is 3. The summed E-state index contributed by atoms with van der Waals surface area (Å²) in [7, 11) is 0. The van der Waals surface area contributed by atoms with Crippen LogP contribution < -0.4 is 0 Å². The van der Waals surface area contributed by atoms with Crippen molar-refractivity contribution in [3.63, 3.8) is 0 Å². The largest absolute Gasteiger partial charge is 0.293 e. The van der Waals surface area contributed by atoms with Crippen molar-refractivity contribution in [2.24, 2.45) is 0 Å². The van der Waals surface area contributed by atoms with Gasteiger partial charge in [-0.05, 0) is 41.8 Å². The van der Waals surface area contributed by atoms with Crippen molar-refractivity contribution < 1.29 is 0 Å². The van der Waals surface area contributed by atoms with Gasteiger partial charge in [-0.2, -0.15) is 0 Å². The molecule has 4 heteroatoms. The Bertz CT molecular complexity index is 2430. The molecule has 0 unspecified atom stereocenters. The van der Waals surface area contributed by atoms with E-state index in [1.807, 2.05) is 29.8 Å². The lowest BCUT2D eigenvalue weighted by molar-refractivity contribution is 1.09. The minimum atomic E-state index is 0.902. The van der Waals surface area contributed by atoms with Gasteiger partial charge in [0.15, 0.2) is 0 Å². The third kappa shape index (κ3) is 2.94. The molecule has 0 aliphatic carbocycles. The van der Waals surface area contributed by atoms with Crippen LogP contribution in [0.3, 0.4) is 0 Å². The Labute approximate surface area is 233 Å². The lowest BCUT2D eigenvalue weighted by atomic mass is 10.00. The van der Waals surface area contributed by atoms with E-state index in [1.54, 1.807) is 0 Å².